The van der Waals surface area contributed by atoms with Gasteiger partial charge < -0.3 is 9.47 Å². The molecule has 1 aliphatic rings. The standard InChI is InChI=1S/C20H23FN2O2/c1-3-22-14(2)7-12-17(19(22)24)20(25)23-13-5-4-6-18(23)15-8-10-16(21)11-9-15/h7-12,18H,3-6,13H2,1-2H3. The van der Waals surface area contributed by atoms with Gasteiger partial charge in [0, 0.05) is 18.8 Å². The monoisotopic (exact) mass is 342 g/mol. The van der Waals surface area contributed by atoms with Crippen LogP contribution < -0.4 is 5.56 Å². The molecule has 2 heterocycles. The van der Waals surface area contributed by atoms with Crippen molar-refractivity contribution in [3.05, 3.63) is 69.4 Å². The Morgan fingerprint density at radius 3 is 2.56 bits per heavy atom. The number of rotatable bonds is 3. The highest BCUT2D eigenvalue weighted by Crippen LogP contribution is 2.31. The van der Waals surface area contributed by atoms with Gasteiger partial charge in [-0.2, -0.15) is 0 Å². The number of aromatic nitrogens is 1. The third kappa shape index (κ3) is 3.36. The lowest BCUT2D eigenvalue weighted by atomic mass is 9.94. The maximum atomic E-state index is 13.2. The first-order valence-corrected chi connectivity index (χ1v) is 8.79. The average Bonchev–Trinajstić information content (AvgIpc) is 2.62. The van der Waals surface area contributed by atoms with E-state index in [0.717, 1.165) is 30.5 Å². The summed E-state index contributed by atoms with van der Waals surface area (Å²) in [6.07, 6.45) is 2.75. The van der Waals surface area contributed by atoms with E-state index in [1.54, 1.807) is 27.7 Å². The minimum atomic E-state index is -0.290. The zero-order valence-electron chi connectivity index (χ0n) is 14.7. The highest BCUT2D eigenvalue weighted by atomic mass is 19.1. The summed E-state index contributed by atoms with van der Waals surface area (Å²) in [5, 5.41) is 0. The van der Waals surface area contributed by atoms with Crippen molar-refractivity contribution in [2.45, 2.75) is 45.7 Å². The van der Waals surface area contributed by atoms with Gasteiger partial charge in [-0.15, -0.1) is 0 Å². The van der Waals surface area contributed by atoms with Crippen LogP contribution in [0, 0.1) is 12.7 Å². The van der Waals surface area contributed by atoms with Crippen molar-refractivity contribution >= 4 is 5.91 Å². The molecule has 1 fully saturated rings. The van der Waals surface area contributed by atoms with Gasteiger partial charge in [0.15, 0.2) is 0 Å². The van der Waals surface area contributed by atoms with Gasteiger partial charge in [0.2, 0.25) is 0 Å². The van der Waals surface area contributed by atoms with E-state index in [4.69, 9.17) is 0 Å². The minimum Gasteiger partial charge on any atom is -0.331 e. The highest BCUT2D eigenvalue weighted by Gasteiger charge is 2.30. The second-order valence-corrected chi connectivity index (χ2v) is 6.50. The summed E-state index contributed by atoms with van der Waals surface area (Å²) in [4.78, 5) is 27.5. The first-order valence-electron chi connectivity index (χ1n) is 8.79. The fourth-order valence-corrected chi connectivity index (χ4v) is 3.59. The van der Waals surface area contributed by atoms with Crippen molar-refractivity contribution in [1.82, 2.24) is 9.47 Å². The summed E-state index contributed by atoms with van der Waals surface area (Å²) in [5.74, 6) is -0.525. The number of benzene rings is 1. The maximum absolute atomic E-state index is 13.2. The summed E-state index contributed by atoms with van der Waals surface area (Å²) in [7, 11) is 0. The molecule has 1 aromatic heterocycles. The molecule has 1 aromatic carbocycles. The molecule has 0 radical (unpaired) electrons. The molecule has 3 rings (SSSR count). The first-order chi connectivity index (χ1) is 12.0. The Morgan fingerprint density at radius 1 is 1.16 bits per heavy atom. The van der Waals surface area contributed by atoms with Crippen molar-refractivity contribution in [2.75, 3.05) is 6.54 Å². The van der Waals surface area contributed by atoms with Gasteiger partial charge in [-0.05, 0) is 62.9 Å². The van der Waals surface area contributed by atoms with Gasteiger partial charge in [-0.1, -0.05) is 12.1 Å². The molecule has 1 atom stereocenters. The molecule has 0 N–H and O–H groups in total. The topological polar surface area (TPSA) is 42.3 Å². The summed E-state index contributed by atoms with van der Waals surface area (Å²) < 4.78 is 14.8. The predicted molar refractivity (Wildman–Crippen MR) is 95.1 cm³/mol. The number of pyridine rings is 1. The smallest absolute Gasteiger partial charge is 0.263 e. The van der Waals surface area contributed by atoms with E-state index < -0.39 is 0 Å². The fourth-order valence-electron chi connectivity index (χ4n) is 3.59. The molecule has 0 bridgehead atoms. The predicted octanol–water partition coefficient (Wildman–Crippen LogP) is 3.68. The van der Waals surface area contributed by atoms with Gasteiger partial charge in [-0.3, -0.25) is 9.59 Å². The van der Waals surface area contributed by atoms with E-state index in [2.05, 4.69) is 0 Å². The molecule has 25 heavy (non-hydrogen) atoms. The number of aryl methyl sites for hydroxylation is 1. The molecule has 0 aliphatic carbocycles. The molecular formula is C20H23FN2O2. The third-order valence-electron chi connectivity index (χ3n) is 4.96. The van der Waals surface area contributed by atoms with Crippen LogP contribution in [0.15, 0.2) is 41.2 Å². The molecule has 5 heteroatoms. The van der Waals surface area contributed by atoms with E-state index in [1.165, 1.54) is 12.1 Å². The van der Waals surface area contributed by atoms with Crippen LogP contribution in [-0.2, 0) is 6.54 Å². The maximum Gasteiger partial charge on any atom is 0.263 e. The SMILES string of the molecule is CCn1c(C)ccc(C(=O)N2CCCCC2c2ccc(F)cc2)c1=O. The Kier molecular flexibility index (Phi) is 5.02. The van der Waals surface area contributed by atoms with Crippen LogP contribution in [0.5, 0.6) is 0 Å². The lowest BCUT2D eigenvalue weighted by Crippen LogP contribution is -2.41. The van der Waals surface area contributed by atoms with Crippen molar-refractivity contribution < 1.29 is 9.18 Å². The van der Waals surface area contributed by atoms with Crippen LogP contribution in [0.1, 0.15) is 53.8 Å². The normalized spacial score (nSPS) is 17.6. The van der Waals surface area contributed by atoms with E-state index >= 15 is 0 Å². The van der Waals surface area contributed by atoms with Crippen LogP contribution in [0.4, 0.5) is 4.39 Å². The van der Waals surface area contributed by atoms with E-state index in [1.807, 2.05) is 19.9 Å². The Morgan fingerprint density at radius 2 is 1.88 bits per heavy atom. The summed E-state index contributed by atoms with van der Waals surface area (Å²) in [6.45, 7) is 4.90. The second-order valence-electron chi connectivity index (χ2n) is 6.50. The number of carbonyl (C=O) groups excluding carboxylic acids is 1. The molecule has 1 saturated heterocycles. The zero-order chi connectivity index (χ0) is 18.0. The summed E-state index contributed by atoms with van der Waals surface area (Å²) >= 11 is 0. The molecule has 1 amide bonds. The number of hydrogen-bond acceptors (Lipinski definition) is 2. The molecule has 0 spiro atoms. The Balaban J connectivity index is 1.97. The quantitative estimate of drug-likeness (QED) is 0.854. The van der Waals surface area contributed by atoms with Gasteiger partial charge in [0.25, 0.3) is 11.5 Å². The summed E-state index contributed by atoms with van der Waals surface area (Å²) in [6, 6.07) is 9.62. The number of carbonyl (C=O) groups is 1. The molecule has 1 unspecified atom stereocenters. The highest BCUT2D eigenvalue weighted by molar-refractivity contribution is 5.94. The molecule has 1 aliphatic heterocycles. The van der Waals surface area contributed by atoms with Gasteiger partial charge >= 0.3 is 0 Å². The van der Waals surface area contributed by atoms with Gasteiger partial charge in [-0.25, -0.2) is 4.39 Å². The fraction of sp³-hybridized carbons (Fsp3) is 0.400. The number of halogens is 1. The lowest BCUT2D eigenvalue weighted by Gasteiger charge is -2.36. The van der Waals surface area contributed by atoms with Crippen LogP contribution in [0.3, 0.4) is 0 Å². The van der Waals surface area contributed by atoms with E-state index in [-0.39, 0.29) is 28.9 Å². The number of likely N-dealkylation sites (tertiary alicyclic amines) is 1. The van der Waals surface area contributed by atoms with Crippen LogP contribution in [-0.4, -0.2) is 21.9 Å². The molecular weight excluding hydrogens is 319 g/mol. The second kappa shape index (κ2) is 7.21. The van der Waals surface area contributed by atoms with E-state index in [9.17, 15) is 14.0 Å². The van der Waals surface area contributed by atoms with Crippen molar-refractivity contribution in [3.8, 4) is 0 Å². The Bertz CT molecular complexity index is 827. The zero-order valence-corrected chi connectivity index (χ0v) is 14.7. The first kappa shape index (κ1) is 17.4. The van der Waals surface area contributed by atoms with Crippen LogP contribution in [0.2, 0.25) is 0 Å². The van der Waals surface area contributed by atoms with E-state index in [0.29, 0.717) is 13.1 Å². The Labute approximate surface area is 146 Å². The Hall–Kier alpha value is -2.43. The van der Waals surface area contributed by atoms with Crippen molar-refractivity contribution in [1.29, 1.82) is 0 Å². The molecule has 132 valence electrons. The average molecular weight is 342 g/mol. The van der Waals surface area contributed by atoms with Crippen LogP contribution in [0.25, 0.3) is 0 Å². The molecule has 4 nitrogen and oxygen atoms in total. The largest absolute Gasteiger partial charge is 0.331 e. The lowest BCUT2D eigenvalue weighted by molar-refractivity contribution is 0.0609. The van der Waals surface area contributed by atoms with Gasteiger partial charge in [0.1, 0.15) is 11.4 Å². The molecule has 0 saturated carbocycles. The number of hydrogen-bond donors (Lipinski definition) is 0. The number of piperidine rings is 1. The minimum absolute atomic E-state index is 0.113. The third-order valence-corrected chi connectivity index (χ3v) is 4.96. The van der Waals surface area contributed by atoms with Crippen molar-refractivity contribution in [2.24, 2.45) is 0 Å². The number of amides is 1. The van der Waals surface area contributed by atoms with Gasteiger partial charge in [0.05, 0.1) is 6.04 Å². The number of nitrogens with zero attached hydrogens (tertiary/aromatic N) is 2. The van der Waals surface area contributed by atoms with Crippen molar-refractivity contribution in [3.63, 3.8) is 0 Å². The molecule has 2 aromatic rings. The summed E-state index contributed by atoms with van der Waals surface area (Å²) in [5.41, 5.74) is 1.73. The van der Waals surface area contributed by atoms with Crippen LogP contribution >= 0.6 is 0 Å².